The molecule has 82 valence electrons. The molecule has 0 amide bonds. The first-order valence-electron chi connectivity index (χ1n) is 5.12. The Kier molecular flexibility index (Phi) is 2.92. The van der Waals surface area contributed by atoms with E-state index in [9.17, 15) is 8.42 Å². The van der Waals surface area contributed by atoms with Gasteiger partial charge in [-0.25, -0.2) is 12.7 Å². The minimum Gasteiger partial charge on any atom is -0.211 e. The minimum atomic E-state index is -3.01. The van der Waals surface area contributed by atoms with Crippen LogP contribution in [0.5, 0.6) is 0 Å². The molecule has 1 aliphatic carbocycles. The molecule has 1 saturated heterocycles. The third kappa shape index (κ3) is 1.86. The molecule has 14 heavy (non-hydrogen) atoms. The molecule has 3 nitrogen and oxygen atoms in total. The molecule has 2 fully saturated rings. The van der Waals surface area contributed by atoms with Gasteiger partial charge in [-0.2, -0.15) is 0 Å². The van der Waals surface area contributed by atoms with Crippen LogP contribution in [0.15, 0.2) is 0 Å². The van der Waals surface area contributed by atoms with E-state index in [-0.39, 0.29) is 4.66 Å². The highest BCUT2D eigenvalue weighted by Gasteiger charge is 2.43. The van der Waals surface area contributed by atoms with Crippen LogP contribution in [0.25, 0.3) is 0 Å². The van der Waals surface area contributed by atoms with E-state index in [0.717, 1.165) is 19.5 Å². The summed E-state index contributed by atoms with van der Waals surface area (Å²) < 4.78 is 25.0. The standard InChI is InChI=1S/C9H16BrNO2S/c10-8-14(12,13)11-6-5-9(7-11)3-1-2-4-9/h1-8H2. The minimum absolute atomic E-state index is 0.0656. The summed E-state index contributed by atoms with van der Waals surface area (Å²) in [5.74, 6) is 0. The van der Waals surface area contributed by atoms with Gasteiger partial charge in [0.15, 0.2) is 0 Å². The average Bonchev–Trinajstić information content (AvgIpc) is 2.78. The molecule has 5 heteroatoms. The Morgan fingerprint density at radius 1 is 1.21 bits per heavy atom. The second-order valence-electron chi connectivity index (χ2n) is 4.51. The molecule has 2 aliphatic rings. The van der Waals surface area contributed by atoms with E-state index in [0.29, 0.717) is 5.41 Å². The Bertz CT molecular complexity index is 309. The van der Waals surface area contributed by atoms with Crippen molar-refractivity contribution in [3.8, 4) is 0 Å². The molecule has 0 aromatic rings. The SMILES string of the molecule is O=S(=O)(CBr)N1CCC2(CCCC2)C1. The second-order valence-corrected chi connectivity index (χ2v) is 7.78. The highest BCUT2D eigenvalue weighted by Crippen LogP contribution is 2.45. The molecular formula is C9H16BrNO2S. The third-order valence-electron chi connectivity index (χ3n) is 3.60. The van der Waals surface area contributed by atoms with Crippen molar-refractivity contribution in [3.05, 3.63) is 0 Å². The Hall–Kier alpha value is 0.390. The van der Waals surface area contributed by atoms with Crippen molar-refractivity contribution in [2.24, 2.45) is 5.41 Å². The molecule has 1 spiro atoms. The largest absolute Gasteiger partial charge is 0.224 e. The Morgan fingerprint density at radius 2 is 1.86 bits per heavy atom. The zero-order chi connectivity index (χ0) is 10.2. The van der Waals surface area contributed by atoms with Crippen molar-refractivity contribution in [3.63, 3.8) is 0 Å². The van der Waals surface area contributed by atoms with Gasteiger partial charge in [-0.1, -0.05) is 28.8 Å². The molecule has 0 N–H and O–H groups in total. The third-order valence-corrected chi connectivity index (χ3v) is 6.71. The van der Waals surface area contributed by atoms with Crippen molar-refractivity contribution < 1.29 is 8.42 Å². The Balaban J connectivity index is 2.08. The van der Waals surface area contributed by atoms with Crippen LogP contribution in [0, 0.1) is 5.41 Å². The maximum atomic E-state index is 11.6. The summed E-state index contributed by atoms with van der Waals surface area (Å²) >= 11 is 3.05. The average molecular weight is 282 g/mol. The molecule has 0 aromatic heterocycles. The summed E-state index contributed by atoms with van der Waals surface area (Å²) in [6.07, 6.45) is 6.08. The topological polar surface area (TPSA) is 37.4 Å². The second kappa shape index (κ2) is 3.76. The molecule has 0 atom stereocenters. The Labute approximate surface area is 94.0 Å². The zero-order valence-electron chi connectivity index (χ0n) is 8.21. The van der Waals surface area contributed by atoms with Gasteiger partial charge in [0.1, 0.15) is 4.66 Å². The smallest absolute Gasteiger partial charge is 0.211 e. The molecule has 1 saturated carbocycles. The van der Waals surface area contributed by atoms with Crippen LogP contribution in [0.3, 0.4) is 0 Å². The summed E-state index contributed by atoms with van der Waals surface area (Å²) in [6, 6.07) is 0. The molecular weight excluding hydrogens is 266 g/mol. The van der Waals surface area contributed by atoms with Crippen LogP contribution in [-0.2, 0) is 10.0 Å². The van der Waals surface area contributed by atoms with Crippen LogP contribution in [-0.4, -0.2) is 30.5 Å². The van der Waals surface area contributed by atoms with E-state index in [1.54, 1.807) is 4.31 Å². The lowest BCUT2D eigenvalue weighted by Crippen LogP contribution is -2.31. The van der Waals surface area contributed by atoms with Crippen molar-refractivity contribution in [1.82, 2.24) is 4.31 Å². The number of halogens is 1. The van der Waals surface area contributed by atoms with Gasteiger partial charge in [0.25, 0.3) is 0 Å². The van der Waals surface area contributed by atoms with Gasteiger partial charge in [-0.15, -0.1) is 0 Å². The van der Waals surface area contributed by atoms with E-state index >= 15 is 0 Å². The first-order chi connectivity index (χ1) is 6.58. The molecule has 1 heterocycles. The monoisotopic (exact) mass is 281 g/mol. The fraction of sp³-hybridized carbons (Fsp3) is 1.00. The van der Waals surface area contributed by atoms with Gasteiger partial charge in [0.2, 0.25) is 10.0 Å². The van der Waals surface area contributed by atoms with Gasteiger partial charge in [0, 0.05) is 13.1 Å². The van der Waals surface area contributed by atoms with Crippen LogP contribution >= 0.6 is 15.9 Å². The summed E-state index contributed by atoms with van der Waals surface area (Å²) in [5.41, 5.74) is 0.342. The van der Waals surface area contributed by atoms with Crippen molar-refractivity contribution >= 4 is 26.0 Å². The van der Waals surface area contributed by atoms with E-state index in [1.807, 2.05) is 0 Å². The van der Waals surface area contributed by atoms with Gasteiger partial charge in [0.05, 0.1) is 0 Å². The van der Waals surface area contributed by atoms with Gasteiger partial charge < -0.3 is 0 Å². The van der Waals surface area contributed by atoms with Crippen molar-refractivity contribution in [1.29, 1.82) is 0 Å². The van der Waals surface area contributed by atoms with Gasteiger partial charge >= 0.3 is 0 Å². The van der Waals surface area contributed by atoms with Crippen molar-refractivity contribution in [2.75, 3.05) is 17.8 Å². The highest BCUT2D eigenvalue weighted by molar-refractivity contribution is 9.10. The number of alkyl halides is 1. The van der Waals surface area contributed by atoms with E-state index < -0.39 is 10.0 Å². The normalized spacial score (nSPS) is 27.5. The number of sulfonamides is 1. The predicted molar refractivity (Wildman–Crippen MR) is 59.8 cm³/mol. The number of rotatable bonds is 2. The first kappa shape index (κ1) is 10.9. The van der Waals surface area contributed by atoms with Gasteiger partial charge in [-0.3, -0.25) is 0 Å². The van der Waals surface area contributed by atoms with Crippen LogP contribution < -0.4 is 0 Å². The fourth-order valence-corrected chi connectivity index (χ4v) is 4.58. The zero-order valence-corrected chi connectivity index (χ0v) is 10.6. The lowest BCUT2D eigenvalue weighted by Gasteiger charge is -2.22. The molecule has 0 aromatic carbocycles. The summed E-state index contributed by atoms with van der Waals surface area (Å²) in [7, 11) is -3.01. The lowest BCUT2D eigenvalue weighted by atomic mass is 9.86. The quantitative estimate of drug-likeness (QED) is 0.726. The fourth-order valence-electron chi connectivity index (χ4n) is 2.73. The lowest BCUT2D eigenvalue weighted by molar-refractivity contribution is 0.314. The number of hydrogen-bond acceptors (Lipinski definition) is 2. The van der Waals surface area contributed by atoms with Crippen LogP contribution in [0.1, 0.15) is 32.1 Å². The summed E-state index contributed by atoms with van der Waals surface area (Å²) in [5, 5.41) is 0. The summed E-state index contributed by atoms with van der Waals surface area (Å²) in [6.45, 7) is 1.49. The molecule has 0 radical (unpaired) electrons. The molecule has 0 unspecified atom stereocenters. The molecule has 0 bridgehead atoms. The van der Waals surface area contributed by atoms with E-state index in [4.69, 9.17) is 0 Å². The van der Waals surface area contributed by atoms with E-state index in [2.05, 4.69) is 15.9 Å². The maximum Gasteiger partial charge on any atom is 0.224 e. The number of nitrogens with zero attached hydrogens (tertiary/aromatic N) is 1. The van der Waals surface area contributed by atoms with Crippen molar-refractivity contribution in [2.45, 2.75) is 32.1 Å². The van der Waals surface area contributed by atoms with Crippen LogP contribution in [0.4, 0.5) is 0 Å². The molecule has 1 aliphatic heterocycles. The van der Waals surface area contributed by atoms with E-state index in [1.165, 1.54) is 25.7 Å². The predicted octanol–water partition coefficient (Wildman–Crippen LogP) is 1.93. The molecule has 2 rings (SSSR count). The van der Waals surface area contributed by atoms with Gasteiger partial charge in [-0.05, 0) is 24.7 Å². The maximum absolute atomic E-state index is 11.6. The summed E-state index contributed by atoms with van der Waals surface area (Å²) in [4.78, 5) is 0. The number of hydrogen-bond donors (Lipinski definition) is 0. The first-order valence-corrected chi connectivity index (χ1v) is 7.85. The highest BCUT2D eigenvalue weighted by atomic mass is 79.9. The van der Waals surface area contributed by atoms with Crippen LogP contribution in [0.2, 0.25) is 0 Å². The Morgan fingerprint density at radius 3 is 2.43 bits per heavy atom.